The van der Waals surface area contributed by atoms with Gasteiger partial charge in [-0.25, -0.2) is 4.98 Å². The number of hydrogen-bond donors (Lipinski definition) is 1. The third-order valence-corrected chi connectivity index (χ3v) is 6.90. The molecule has 2 fully saturated rings. The van der Waals surface area contributed by atoms with Gasteiger partial charge in [0.15, 0.2) is 0 Å². The first-order valence-corrected chi connectivity index (χ1v) is 11.7. The maximum Gasteiger partial charge on any atom is 0.222 e. The highest BCUT2D eigenvalue weighted by Crippen LogP contribution is 2.42. The van der Waals surface area contributed by atoms with Gasteiger partial charge >= 0.3 is 0 Å². The van der Waals surface area contributed by atoms with Gasteiger partial charge in [0.2, 0.25) is 5.91 Å². The van der Waals surface area contributed by atoms with Crippen LogP contribution in [0, 0.1) is 12.8 Å². The summed E-state index contributed by atoms with van der Waals surface area (Å²) in [7, 11) is 3.33. The lowest BCUT2D eigenvalue weighted by Gasteiger charge is -2.45. The Labute approximate surface area is 190 Å². The molecule has 2 aromatic rings. The first kappa shape index (κ1) is 22.8. The molecule has 1 aliphatic heterocycles. The van der Waals surface area contributed by atoms with Crippen molar-refractivity contribution in [3.05, 3.63) is 47.5 Å². The van der Waals surface area contributed by atoms with E-state index in [2.05, 4.69) is 27.0 Å². The second kappa shape index (κ2) is 10.5. The van der Waals surface area contributed by atoms with Gasteiger partial charge in [-0.3, -0.25) is 4.79 Å². The van der Waals surface area contributed by atoms with Crippen LogP contribution in [0.5, 0.6) is 5.75 Å². The third kappa shape index (κ3) is 5.15. The second-order valence-electron chi connectivity index (χ2n) is 8.94. The molecule has 0 bridgehead atoms. The standard InChI is InChI=1S/C25H35N3O4/c1-17-26-11-12-28(17)16-19-14-18(8-9-22(19)31-3)24-15-21(27-25(29)10-13-30-2)20-6-4-5-7-23(20)32-24/h8-9,11-12,14,20-21,23-24H,4-7,10,13,15-16H2,1-3H3,(H,27,29)/t20-,21+,23+,24+/m0/s1. The average molecular weight is 442 g/mol. The van der Waals surface area contributed by atoms with Crippen LogP contribution < -0.4 is 10.1 Å². The number of carbonyl (C=O) groups is 1. The number of carbonyl (C=O) groups excluding carboxylic acids is 1. The van der Waals surface area contributed by atoms with Crippen molar-refractivity contribution in [1.82, 2.24) is 14.9 Å². The zero-order chi connectivity index (χ0) is 22.5. The van der Waals surface area contributed by atoms with E-state index in [1.54, 1.807) is 14.2 Å². The molecular formula is C25H35N3O4. The largest absolute Gasteiger partial charge is 0.496 e. The summed E-state index contributed by atoms with van der Waals surface area (Å²) >= 11 is 0. The molecular weight excluding hydrogens is 406 g/mol. The highest BCUT2D eigenvalue weighted by atomic mass is 16.5. The van der Waals surface area contributed by atoms with Crippen LogP contribution in [0.1, 0.15) is 61.6 Å². The summed E-state index contributed by atoms with van der Waals surface area (Å²) in [5.74, 6) is 2.28. The van der Waals surface area contributed by atoms with Gasteiger partial charge in [0.25, 0.3) is 0 Å². The van der Waals surface area contributed by atoms with E-state index >= 15 is 0 Å². The minimum absolute atomic E-state index is 0.0457. The van der Waals surface area contributed by atoms with E-state index < -0.39 is 0 Å². The average Bonchev–Trinajstić information content (AvgIpc) is 3.21. The molecule has 1 aromatic heterocycles. The van der Waals surface area contributed by atoms with Crippen molar-refractivity contribution in [3.8, 4) is 5.75 Å². The van der Waals surface area contributed by atoms with E-state index in [-0.39, 0.29) is 24.2 Å². The predicted molar refractivity (Wildman–Crippen MR) is 122 cm³/mol. The number of rotatable bonds is 8. The molecule has 2 aliphatic rings. The minimum atomic E-state index is -0.0457. The summed E-state index contributed by atoms with van der Waals surface area (Å²) in [5, 5.41) is 3.30. The Bertz CT molecular complexity index is 912. The van der Waals surface area contributed by atoms with Crippen molar-refractivity contribution < 1.29 is 19.0 Å². The van der Waals surface area contributed by atoms with Crippen molar-refractivity contribution in [2.24, 2.45) is 5.92 Å². The molecule has 32 heavy (non-hydrogen) atoms. The molecule has 7 heteroatoms. The number of hydrogen-bond acceptors (Lipinski definition) is 5. The van der Waals surface area contributed by atoms with E-state index in [1.807, 2.05) is 25.4 Å². The topological polar surface area (TPSA) is 74.6 Å². The summed E-state index contributed by atoms with van der Waals surface area (Å²) < 4.78 is 19.4. The Balaban J connectivity index is 1.55. The molecule has 0 radical (unpaired) electrons. The van der Waals surface area contributed by atoms with Gasteiger partial charge in [0, 0.05) is 43.4 Å². The molecule has 1 amide bonds. The number of fused-ring (bicyclic) bond motifs is 1. The Morgan fingerprint density at radius 3 is 2.88 bits per heavy atom. The smallest absolute Gasteiger partial charge is 0.222 e. The molecule has 1 saturated heterocycles. The quantitative estimate of drug-likeness (QED) is 0.675. The molecule has 7 nitrogen and oxygen atoms in total. The van der Waals surface area contributed by atoms with Crippen molar-refractivity contribution in [2.75, 3.05) is 20.8 Å². The van der Waals surface area contributed by atoms with Crippen molar-refractivity contribution in [1.29, 1.82) is 0 Å². The number of aromatic nitrogens is 2. The number of amides is 1. The van der Waals surface area contributed by atoms with Crippen LogP contribution in [0.25, 0.3) is 0 Å². The molecule has 174 valence electrons. The summed E-state index contributed by atoms with van der Waals surface area (Å²) in [5.41, 5.74) is 2.24. The van der Waals surface area contributed by atoms with Gasteiger partial charge < -0.3 is 24.1 Å². The van der Waals surface area contributed by atoms with Crippen LogP contribution in [0.15, 0.2) is 30.6 Å². The summed E-state index contributed by atoms with van der Waals surface area (Å²) in [4.78, 5) is 16.8. The lowest BCUT2D eigenvalue weighted by atomic mass is 9.76. The van der Waals surface area contributed by atoms with Gasteiger partial charge in [0.05, 0.1) is 32.5 Å². The Hall–Kier alpha value is -2.38. The fourth-order valence-corrected chi connectivity index (χ4v) is 5.16. The predicted octanol–water partition coefficient (Wildman–Crippen LogP) is 3.79. The van der Waals surface area contributed by atoms with Crippen LogP contribution in [-0.2, 0) is 20.8 Å². The van der Waals surface area contributed by atoms with Crippen molar-refractivity contribution in [3.63, 3.8) is 0 Å². The van der Waals surface area contributed by atoms with Crippen LogP contribution in [0.4, 0.5) is 0 Å². The highest BCUT2D eigenvalue weighted by Gasteiger charge is 2.41. The fraction of sp³-hybridized carbons (Fsp3) is 0.600. The van der Waals surface area contributed by atoms with Gasteiger partial charge in [-0.1, -0.05) is 18.9 Å². The van der Waals surface area contributed by atoms with Crippen LogP contribution >= 0.6 is 0 Å². The maximum atomic E-state index is 12.5. The molecule has 1 aromatic carbocycles. The minimum Gasteiger partial charge on any atom is -0.496 e. The molecule has 0 spiro atoms. The van der Waals surface area contributed by atoms with Crippen LogP contribution in [0.3, 0.4) is 0 Å². The SMILES string of the molecule is COCCC(=O)N[C@@H]1C[C@H](c2ccc(OC)c(Cn3ccnc3C)c2)O[C@@H]2CCCC[C@@H]12. The van der Waals surface area contributed by atoms with E-state index in [9.17, 15) is 4.79 Å². The molecule has 1 aliphatic carbocycles. The fourth-order valence-electron chi connectivity index (χ4n) is 5.16. The molecule has 0 unspecified atom stereocenters. The van der Waals surface area contributed by atoms with Crippen LogP contribution in [0.2, 0.25) is 0 Å². The summed E-state index contributed by atoms with van der Waals surface area (Å²) in [6, 6.07) is 6.45. The maximum absolute atomic E-state index is 12.5. The van der Waals surface area contributed by atoms with E-state index in [0.29, 0.717) is 25.5 Å². The third-order valence-electron chi connectivity index (χ3n) is 6.90. The van der Waals surface area contributed by atoms with E-state index in [4.69, 9.17) is 14.2 Å². The van der Waals surface area contributed by atoms with Gasteiger partial charge in [0.1, 0.15) is 11.6 Å². The van der Waals surface area contributed by atoms with Gasteiger partial charge in [-0.05, 0) is 43.9 Å². The lowest BCUT2D eigenvalue weighted by Crippen LogP contribution is -2.51. The van der Waals surface area contributed by atoms with Crippen LogP contribution in [-0.4, -0.2) is 48.4 Å². The first-order valence-electron chi connectivity index (χ1n) is 11.7. The number of nitrogens with one attached hydrogen (secondary N) is 1. The number of benzene rings is 1. The summed E-state index contributed by atoms with van der Waals surface area (Å²) in [6.07, 6.45) is 9.69. The zero-order valence-electron chi connectivity index (χ0n) is 19.4. The molecule has 1 N–H and O–H groups in total. The number of imidazole rings is 1. The molecule has 4 rings (SSSR count). The zero-order valence-corrected chi connectivity index (χ0v) is 19.4. The number of nitrogens with zero attached hydrogens (tertiary/aromatic N) is 2. The number of ether oxygens (including phenoxy) is 3. The number of aryl methyl sites for hydroxylation is 1. The monoisotopic (exact) mass is 441 g/mol. The van der Waals surface area contributed by atoms with E-state index in [1.165, 1.54) is 12.8 Å². The van der Waals surface area contributed by atoms with E-state index in [0.717, 1.165) is 42.0 Å². The second-order valence-corrected chi connectivity index (χ2v) is 8.94. The Kier molecular flexibility index (Phi) is 7.48. The first-order chi connectivity index (χ1) is 15.6. The summed E-state index contributed by atoms with van der Waals surface area (Å²) in [6.45, 7) is 3.14. The normalized spacial score (nSPS) is 25.2. The Morgan fingerprint density at radius 2 is 2.12 bits per heavy atom. The highest BCUT2D eigenvalue weighted by molar-refractivity contribution is 5.76. The van der Waals surface area contributed by atoms with Gasteiger partial charge in [-0.15, -0.1) is 0 Å². The van der Waals surface area contributed by atoms with Crippen molar-refractivity contribution >= 4 is 5.91 Å². The molecule has 1 saturated carbocycles. The lowest BCUT2D eigenvalue weighted by molar-refractivity contribution is -0.133. The number of methoxy groups -OCH3 is 2. The molecule has 2 heterocycles. The Morgan fingerprint density at radius 1 is 1.28 bits per heavy atom. The molecule has 4 atom stereocenters. The van der Waals surface area contributed by atoms with Crippen molar-refractivity contribution in [2.45, 2.75) is 70.2 Å². The van der Waals surface area contributed by atoms with Gasteiger partial charge in [-0.2, -0.15) is 0 Å².